The van der Waals surface area contributed by atoms with Gasteiger partial charge in [-0.15, -0.1) is 0 Å². The topological polar surface area (TPSA) is 43.8 Å². The van der Waals surface area contributed by atoms with Gasteiger partial charge in [-0.1, -0.05) is 6.92 Å². The summed E-state index contributed by atoms with van der Waals surface area (Å²) >= 11 is 0. The van der Waals surface area contributed by atoms with Crippen LogP contribution in [-0.4, -0.2) is 59.1 Å². The average Bonchev–Trinajstić information content (AvgIpc) is 2.73. The molecule has 18 heavy (non-hydrogen) atoms. The van der Waals surface area contributed by atoms with E-state index in [-0.39, 0.29) is 12.0 Å². The molecule has 2 aliphatic heterocycles. The van der Waals surface area contributed by atoms with Crippen molar-refractivity contribution in [2.75, 3.05) is 26.2 Å². The molecule has 2 unspecified atom stereocenters. The van der Waals surface area contributed by atoms with E-state index in [4.69, 9.17) is 0 Å². The molecule has 2 fully saturated rings. The van der Waals surface area contributed by atoms with E-state index in [1.54, 1.807) is 0 Å². The molecule has 104 valence electrons. The number of carboxylic acid groups (broad SMARTS) is 1. The zero-order chi connectivity index (χ0) is 13.1. The molecule has 1 N–H and O–H groups in total. The quantitative estimate of drug-likeness (QED) is 0.828. The normalized spacial score (nSPS) is 31.9. The van der Waals surface area contributed by atoms with E-state index < -0.39 is 5.97 Å². The lowest BCUT2D eigenvalue weighted by Gasteiger charge is -2.39. The van der Waals surface area contributed by atoms with Gasteiger partial charge in [-0.05, 0) is 58.8 Å². The summed E-state index contributed by atoms with van der Waals surface area (Å²) in [6.07, 6.45) is 4.46. The Kier molecular flexibility index (Phi) is 4.62. The number of carbonyl (C=O) groups is 1. The summed E-state index contributed by atoms with van der Waals surface area (Å²) in [5, 5.41) is 9.18. The third-order valence-corrected chi connectivity index (χ3v) is 4.69. The molecule has 0 bridgehead atoms. The first-order valence-electron chi connectivity index (χ1n) is 7.34. The van der Waals surface area contributed by atoms with Crippen molar-refractivity contribution in [3.63, 3.8) is 0 Å². The SMILES string of the molecule is CCCN1CCC(N2CCC(C(=O)O)C2C)CC1. The summed E-state index contributed by atoms with van der Waals surface area (Å²) in [5.74, 6) is -0.771. The third kappa shape index (κ3) is 2.86. The number of carboxylic acids is 1. The average molecular weight is 254 g/mol. The van der Waals surface area contributed by atoms with Crippen molar-refractivity contribution < 1.29 is 9.90 Å². The fourth-order valence-corrected chi connectivity index (χ4v) is 3.60. The van der Waals surface area contributed by atoms with Crippen LogP contribution >= 0.6 is 0 Å². The lowest BCUT2D eigenvalue weighted by Crippen LogP contribution is -2.47. The van der Waals surface area contributed by atoms with Crippen molar-refractivity contribution in [1.82, 2.24) is 9.80 Å². The van der Waals surface area contributed by atoms with E-state index in [9.17, 15) is 9.90 Å². The summed E-state index contributed by atoms with van der Waals surface area (Å²) in [7, 11) is 0. The number of rotatable bonds is 4. The predicted molar refractivity (Wildman–Crippen MR) is 71.7 cm³/mol. The molecule has 0 amide bonds. The monoisotopic (exact) mass is 254 g/mol. The fraction of sp³-hybridized carbons (Fsp3) is 0.929. The molecular weight excluding hydrogens is 228 g/mol. The Balaban J connectivity index is 1.85. The van der Waals surface area contributed by atoms with Gasteiger partial charge in [-0.2, -0.15) is 0 Å². The van der Waals surface area contributed by atoms with Gasteiger partial charge in [-0.3, -0.25) is 9.69 Å². The fourth-order valence-electron chi connectivity index (χ4n) is 3.60. The van der Waals surface area contributed by atoms with Crippen LogP contribution in [0.1, 0.15) is 39.5 Å². The minimum Gasteiger partial charge on any atom is -0.481 e. The summed E-state index contributed by atoms with van der Waals surface area (Å²) in [6.45, 7) is 8.85. The van der Waals surface area contributed by atoms with Gasteiger partial charge in [0.25, 0.3) is 0 Å². The van der Waals surface area contributed by atoms with Crippen LogP contribution < -0.4 is 0 Å². The maximum atomic E-state index is 11.1. The number of hydrogen-bond acceptors (Lipinski definition) is 3. The van der Waals surface area contributed by atoms with Crippen LogP contribution in [0, 0.1) is 5.92 Å². The first-order valence-corrected chi connectivity index (χ1v) is 7.34. The standard InChI is InChI=1S/C14H26N2O2/c1-3-7-15-8-4-12(5-9-15)16-10-6-13(11(16)2)14(17)18/h11-13H,3-10H2,1-2H3,(H,17,18). The minimum atomic E-state index is -0.617. The van der Waals surface area contributed by atoms with E-state index in [2.05, 4.69) is 23.6 Å². The van der Waals surface area contributed by atoms with Gasteiger partial charge in [0, 0.05) is 12.1 Å². The molecule has 2 aliphatic rings. The second-order valence-corrected chi connectivity index (χ2v) is 5.78. The van der Waals surface area contributed by atoms with Crippen molar-refractivity contribution in [3.8, 4) is 0 Å². The van der Waals surface area contributed by atoms with Crippen LogP contribution in [0.3, 0.4) is 0 Å². The molecular formula is C14H26N2O2. The van der Waals surface area contributed by atoms with Gasteiger partial charge in [-0.25, -0.2) is 0 Å². The largest absolute Gasteiger partial charge is 0.481 e. The van der Waals surface area contributed by atoms with Crippen molar-refractivity contribution >= 4 is 5.97 Å². The molecule has 4 heteroatoms. The lowest BCUT2D eigenvalue weighted by atomic mass is 9.99. The summed E-state index contributed by atoms with van der Waals surface area (Å²) in [5.41, 5.74) is 0. The number of likely N-dealkylation sites (tertiary alicyclic amines) is 2. The minimum absolute atomic E-state index is 0.154. The Morgan fingerprint density at radius 1 is 1.22 bits per heavy atom. The van der Waals surface area contributed by atoms with Crippen molar-refractivity contribution in [1.29, 1.82) is 0 Å². The van der Waals surface area contributed by atoms with Gasteiger partial charge in [0.15, 0.2) is 0 Å². The van der Waals surface area contributed by atoms with Crippen LogP contribution in [0.4, 0.5) is 0 Å². The Labute approximate surface area is 110 Å². The first kappa shape index (κ1) is 13.8. The van der Waals surface area contributed by atoms with Gasteiger partial charge in [0.1, 0.15) is 0 Å². The third-order valence-electron chi connectivity index (χ3n) is 4.69. The molecule has 0 aromatic carbocycles. The Hall–Kier alpha value is -0.610. The molecule has 2 atom stereocenters. The molecule has 0 aliphatic carbocycles. The van der Waals surface area contributed by atoms with Crippen LogP contribution in [0.5, 0.6) is 0 Å². The lowest BCUT2D eigenvalue weighted by molar-refractivity contribution is -0.142. The van der Waals surface area contributed by atoms with Crippen molar-refractivity contribution in [3.05, 3.63) is 0 Å². The summed E-state index contributed by atoms with van der Waals surface area (Å²) in [6, 6.07) is 0.822. The van der Waals surface area contributed by atoms with Crippen molar-refractivity contribution in [2.24, 2.45) is 5.92 Å². The highest BCUT2D eigenvalue weighted by Gasteiger charge is 2.39. The van der Waals surface area contributed by atoms with E-state index in [1.165, 1.54) is 38.9 Å². The smallest absolute Gasteiger partial charge is 0.308 e. The van der Waals surface area contributed by atoms with Gasteiger partial charge >= 0.3 is 5.97 Å². The molecule has 0 aromatic heterocycles. The molecule has 0 spiro atoms. The number of piperidine rings is 1. The maximum Gasteiger partial charge on any atom is 0.308 e. The Morgan fingerprint density at radius 2 is 1.89 bits per heavy atom. The molecule has 2 rings (SSSR count). The second kappa shape index (κ2) is 6.02. The Morgan fingerprint density at radius 3 is 2.39 bits per heavy atom. The van der Waals surface area contributed by atoms with E-state index >= 15 is 0 Å². The molecule has 0 saturated carbocycles. The molecule has 4 nitrogen and oxygen atoms in total. The van der Waals surface area contributed by atoms with Crippen molar-refractivity contribution in [2.45, 2.75) is 51.6 Å². The molecule has 0 radical (unpaired) electrons. The van der Waals surface area contributed by atoms with E-state index in [0.29, 0.717) is 6.04 Å². The number of aliphatic carboxylic acids is 1. The number of nitrogens with zero attached hydrogens (tertiary/aromatic N) is 2. The van der Waals surface area contributed by atoms with Crippen LogP contribution in [0.15, 0.2) is 0 Å². The summed E-state index contributed by atoms with van der Waals surface area (Å²) in [4.78, 5) is 16.1. The molecule has 2 saturated heterocycles. The number of hydrogen-bond donors (Lipinski definition) is 1. The second-order valence-electron chi connectivity index (χ2n) is 5.78. The maximum absolute atomic E-state index is 11.1. The highest BCUT2D eigenvalue weighted by atomic mass is 16.4. The zero-order valence-electron chi connectivity index (χ0n) is 11.6. The van der Waals surface area contributed by atoms with E-state index in [0.717, 1.165) is 13.0 Å². The van der Waals surface area contributed by atoms with Gasteiger partial charge < -0.3 is 10.0 Å². The van der Waals surface area contributed by atoms with Gasteiger partial charge in [0.05, 0.1) is 5.92 Å². The highest BCUT2D eigenvalue weighted by Crippen LogP contribution is 2.30. The van der Waals surface area contributed by atoms with Crippen LogP contribution in [0.25, 0.3) is 0 Å². The highest BCUT2D eigenvalue weighted by molar-refractivity contribution is 5.71. The van der Waals surface area contributed by atoms with Crippen LogP contribution in [0.2, 0.25) is 0 Å². The van der Waals surface area contributed by atoms with E-state index in [1.807, 2.05) is 0 Å². The van der Waals surface area contributed by atoms with Crippen LogP contribution in [-0.2, 0) is 4.79 Å². The van der Waals surface area contributed by atoms with Gasteiger partial charge in [0.2, 0.25) is 0 Å². The Bertz CT molecular complexity index is 288. The molecule has 2 heterocycles. The predicted octanol–water partition coefficient (Wildman–Crippen LogP) is 1.66. The first-order chi connectivity index (χ1) is 8.63. The summed E-state index contributed by atoms with van der Waals surface area (Å²) < 4.78 is 0. The zero-order valence-corrected chi connectivity index (χ0v) is 11.6. The molecule has 0 aromatic rings.